The molecule has 1 saturated heterocycles. The summed E-state index contributed by atoms with van der Waals surface area (Å²) in [5.74, 6) is 0.915. The van der Waals surface area contributed by atoms with Gasteiger partial charge < -0.3 is 0 Å². The van der Waals surface area contributed by atoms with Gasteiger partial charge in [-0.3, -0.25) is 0 Å². The Hall–Kier alpha value is -0.750. The van der Waals surface area contributed by atoms with Gasteiger partial charge in [-0.1, -0.05) is 0 Å². The maximum absolute atomic E-state index is 6.16. The molecule has 1 aromatic carbocycles. The van der Waals surface area contributed by atoms with Crippen LogP contribution in [0.1, 0.15) is 57.4 Å². The molecule has 0 aromatic heterocycles. The van der Waals surface area contributed by atoms with Gasteiger partial charge in [0.15, 0.2) is 0 Å². The van der Waals surface area contributed by atoms with Crippen molar-refractivity contribution >= 4 is 12.9 Å². The van der Waals surface area contributed by atoms with Crippen molar-refractivity contribution in [2.24, 2.45) is 0 Å². The molecule has 3 heteroatoms. The first-order valence-corrected chi connectivity index (χ1v) is 12.5. The molecule has 1 heterocycles. The molecule has 132 valence electrons. The fraction of sp³-hybridized carbons (Fsp3) is 0.700. The van der Waals surface area contributed by atoms with Crippen LogP contribution in [0.5, 0.6) is 5.75 Å². The summed E-state index contributed by atoms with van der Waals surface area (Å²) < 4.78 is 6.16. The Balaban J connectivity index is 1.96. The van der Waals surface area contributed by atoms with E-state index in [2.05, 4.69) is 19.9 Å². The fourth-order valence-electron chi connectivity index (χ4n) is 4.07. The molecule has 2 nitrogen and oxygen atoms in total. The van der Waals surface area contributed by atoms with Gasteiger partial charge in [-0.15, -0.1) is 0 Å². The third-order valence-electron chi connectivity index (χ3n) is 5.60. The second-order valence-corrected chi connectivity index (χ2v) is 12.5. The Morgan fingerprint density at radius 3 is 2.39 bits per heavy atom. The van der Waals surface area contributed by atoms with E-state index >= 15 is 0 Å². The van der Waals surface area contributed by atoms with E-state index in [1.807, 2.05) is 12.1 Å². The van der Waals surface area contributed by atoms with Crippen molar-refractivity contribution in [3.8, 4) is 5.75 Å². The van der Waals surface area contributed by atoms with Crippen molar-refractivity contribution in [1.29, 1.82) is 0 Å². The summed E-state index contributed by atoms with van der Waals surface area (Å²) in [6.45, 7) is 5.28. The van der Waals surface area contributed by atoms with Crippen LogP contribution < -0.4 is 10.5 Å². The Labute approximate surface area is 143 Å². The molecule has 0 amide bonds. The van der Waals surface area contributed by atoms with Gasteiger partial charge in [-0.2, -0.15) is 0 Å². The SMILES string of the molecule is CCCC[PH]1(CCOc2c(C)cccc2N)CCCCCCC1. The maximum atomic E-state index is 6.16. The van der Waals surface area contributed by atoms with E-state index in [9.17, 15) is 0 Å². The van der Waals surface area contributed by atoms with E-state index in [0.29, 0.717) is 0 Å². The second kappa shape index (κ2) is 9.52. The normalized spacial score (nSPS) is 19.6. The topological polar surface area (TPSA) is 35.2 Å². The van der Waals surface area contributed by atoms with Gasteiger partial charge in [0.2, 0.25) is 0 Å². The van der Waals surface area contributed by atoms with Crippen molar-refractivity contribution in [1.82, 2.24) is 0 Å². The van der Waals surface area contributed by atoms with Gasteiger partial charge in [0.25, 0.3) is 0 Å². The van der Waals surface area contributed by atoms with Crippen LogP contribution in [0.3, 0.4) is 0 Å². The van der Waals surface area contributed by atoms with E-state index in [-0.39, 0.29) is 0 Å². The standard InChI is InChI=1S/C20H36NOP/c1-3-4-14-23(15-8-6-5-7-9-16-23)17-13-22-20-18(2)11-10-12-19(20)21/h10-12,23H,3-9,13-17,21H2,1-2H3. The fourth-order valence-corrected chi connectivity index (χ4v) is 9.21. The van der Waals surface area contributed by atoms with E-state index in [1.54, 1.807) is 0 Å². The zero-order chi connectivity index (χ0) is 16.5. The van der Waals surface area contributed by atoms with Crippen molar-refractivity contribution < 1.29 is 4.74 Å². The van der Waals surface area contributed by atoms with E-state index in [0.717, 1.165) is 23.6 Å². The minimum absolute atomic E-state index is 0.784. The molecule has 0 spiro atoms. The number of rotatable bonds is 7. The molecular formula is C20H36NOP. The Morgan fingerprint density at radius 2 is 1.74 bits per heavy atom. The number of aryl methyl sites for hydroxylation is 1. The molecule has 0 bridgehead atoms. The van der Waals surface area contributed by atoms with Crippen LogP contribution in [0.25, 0.3) is 0 Å². The zero-order valence-corrected chi connectivity index (χ0v) is 16.2. The molecule has 0 saturated carbocycles. The van der Waals surface area contributed by atoms with Crippen LogP contribution in [0.2, 0.25) is 0 Å². The summed E-state index contributed by atoms with van der Waals surface area (Å²) in [5.41, 5.74) is 8.03. The van der Waals surface area contributed by atoms with Crippen molar-refractivity contribution in [3.05, 3.63) is 23.8 Å². The van der Waals surface area contributed by atoms with Crippen molar-refractivity contribution in [3.63, 3.8) is 0 Å². The number of anilines is 1. The van der Waals surface area contributed by atoms with Gasteiger partial charge >= 0.3 is 143 Å². The van der Waals surface area contributed by atoms with Crippen LogP contribution in [-0.2, 0) is 0 Å². The van der Waals surface area contributed by atoms with Crippen LogP contribution >= 0.6 is 7.26 Å². The number of unbranched alkanes of at least 4 members (excludes halogenated alkanes) is 1. The van der Waals surface area contributed by atoms with E-state index < -0.39 is 7.26 Å². The number of nitrogen functional groups attached to an aromatic ring is 1. The van der Waals surface area contributed by atoms with Gasteiger partial charge in [0.1, 0.15) is 0 Å². The molecule has 1 aromatic rings. The van der Waals surface area contributed by atoms with Gasteiger partial charge in [-0.05, 0) is 0 Å². The quantitative estimate of drug-likeness (QED) is 0.529. The number of benzene rings is 1. The molecule has 0 aliphatic carbocycles. The van der Waals surface area contributed by atoms with Gasteiger partial charge in [0.05, 0.1) is 0 Å². The van der Waals surface area contributed by atoms with Crippen LogP contribution in [0.15, 0.2) is 18.2 Å². The molecule has 23 heavy (non-hydrogen) atoms. The number of para-hydroxylation sites is 1. The first-order chi connectivity index (χ1) is 11.2. The van der Waals surface area contributed by atoms with E-state index in [1.165, 1.54) is 69.6 Å². The van der Waals surface area contributed by atoms with E-state index in [4.69, 9.17) is 10.5 Å². The van der Waals surface area contributed by atoms with Crippen LogP contribution in [-0.4, -0.2) is 31.3 Å². The Morgan fingerprint density at radius 1 is 1.04 bits per heavy atom. The molecule has 0 atom stereocenters. The van der Waals surface area contributed by atoms with Crippen molar-refractivity contribution in [2.45, 2.75) is 58.8 Å². The summed E-state index contributed by atoms with van der Waals surface area (Å²) in [7, 11) is -1.14. The molecule has 0 radical (unpaired) electrons. The molecular weight excluding hydrogens is 301 g/mol. The molecule has 1 aliphatic rings. The molecule has 1 fully saturated rings. The third-order valence-corrected chi connectivity index (χ3v) is 11.1. The molecule has 0 unspecified atom stereocenters. The number of hydrogen-bond acceptors (Lipinski definition) is 2. The average molecular weight is 337 g/mol. The Bertz CT molecular complexity index is 441. The number of ether oxygens (including phenoxy) is 1. The first kappa shape index (κ1) is 18.6. The summed E-state index contributed by atoms with van der Waals surface area (Å²) in [5, 5.41) is 0. The summed E-state index contributed by atoms with van der Waals surface area (Å²) in [4.78, 5) is 0. The summed E-state index contributed by atoms with van der Waals surface area (Å²) in [6, 6.07) is 6.04. The summed E-state index contributed by atoms with van der Waals surface area (Å²) in [6.07, 6.45) is 15.9. The predicted molar refractivity (Wildman–Crippen MR) is 107 cm³/mol. The predicted octanol–water partition coefficient (Wildman–Crippen LogP) is 5.47. The van der Waals surface area contributed by atoms with Crippen LogP contribution in [0.4, 0.5) is 5.69 Å². The Kier molecular flexibility index (Phi) is 7.70. The van der Waals surface area contributed by atoms with Gasteiger partial charge in [-0.25, -0.2) is 0 Å². The molecule has 2 rings (SSSR count). The zero-order valence-electron chi connectivity index (χ0n) is 15.2. The van der Waals surface area contributed by atoms with Crippen LogP contribution in [0, 0.1) is 6.92 Å². The molecule has 2 N–H and O–H groups in total. The average Bonchev–Trinajstić information content (AvgIpc) is 2.51. The number of nitrogens with two attached hydrogens (primary N) is 1. The van der Waals surface area contributed by atoms with Crippen molar-refractivity contribution in [2.75, 3.05) is 37.0 Å². The second-order valence-electron chi connectivity index (χ2n) is 7.46. The van der Waals surface area contributed by atoms with Gasteiger partial charge in [0, 0.05) is 0 Å². The summed E-state index contributed by atoms with van der Waals surface area (Å²) >= 11 is 0. The molecule has 1 aliphatic heterocycles. The number of hydrogen-bond donors (Lipinski definition) is 1. The third kappa shape index (κ3) is 5.68. The minimum atomic E-state index is -1.14. The first-order valence-electron chi connectivity index (χ1n) is 9.65. The monoisotopic (exact) mass is 337 g/mol.